The van der Waals surface area contributed by atoms with Crippen LogP contribution in [0.15, 0.2) is 17.1 Å². The summed E-state index contributed by atoms with van der Waals surface area (Å²) >= 11 is 3.27. The number of nitrogens with zero attached hydrogens (tertiary/aromatic N) is 2. The van der Waals surface area contributed by atoms with Crippen molar-refractivity contribution < 1.29 is 0 Å². The van der Waals surface area contributed by atoms with Crippen LogP contribution in [-0.4, -0.2) is 9.97 Å². The molecule has 2 rings (SSSR count). The summed E-state index contributed by atoms with van der Waals surface area (Å²) in [6.07, 6.45) is 2.65. The number of hydrogen-bond acceptors (Lipinski definition) is 6. The lowest BCUT2D eigenvalue weighted by Gasteiger charge is -2.11. The summed E-state index contributed by atoms with van der Waals surface area (Å²) in [7, 11) is 0. The van der Waals surface area contributed by atoms with E-state index >= 15 is 0 Å². The quantitative estimate of drug-likeness (QED) is 0.630. The number of nitrogens with one attached hydrogen (secondary N) is 1. The highest BCUT2D eigenvalue weighted by Gasteiger charge is 2.13. The van der Waals surface area contributed by atoms with Crippen LogP contribution in [0.5, 0.6) is 0 Å². The van der Waals surface area contributed by atoms with E-state index in [2.05, 4.69) is 20.8 Å². The first-order valence-corrected chi connectivity index (χ1v) is 6.31. The number of aryl methyl sites for hydroxylation is 1. The van der Waals surface area contributed by atoms with Gasteiger partial charge in [0.1, 0.15) is 0 Å². The molecule has 2 aromatic rings. The van der Waals surface area contributed by atoms with Crippen LogP contribution in [0.3, 0.4) is 0 Å². The van der Waals surface area contributed by atoms with Crippen molar-refractivity contribution in [2.45, 2.75) is 19.4 Å². The van der Waals surface area contributed by atoms with Crippen LogP contribution in [-0.2, 0) is 6.42 Å². The van der Waals surface area contributed by atoms with Gasteiger partial charge in [-0.3, -0.25) is 16.3 Å². The van der Waals surface area contributed by atoms with Crippen molar-refractivity contribution in [2.24, 2.45) is 5.84 Å². The Kier molecular flexibility index (Phi) is 3.42. The molecule has 15 heavy (non-hydrogen) atoms. The van der Waals surface area contributed by atoms with E-state index in [1.54, 1.807) is 22.7 Å². The summed E-state index contributed by atoms with van der Waals surface area (Å²) in [6, 6.07) is 0.110. The van der Waals surface area contributed by atoms with E-state index in [1.807, 2.05) is 18.6 Å². The molecule has 0 aliphatic heterocycles. The van der Waals surface area contributed by atoms with Crippen molar-refractivity contribution in [2.75, 3.05) is 0 Å². The lowest BCUT2D eigenvalue weighted by atomic mass is 10.1. The molecule has 0 fully saturated rings. The zero-order valence-electron chi connectivity index (χ0n) is 8.30. The number of hydrazine groups is 1. The van der Waals surface area contributed by atoms with Gasteiger partial charge < -0.3 is 0 Å². The molecule has 0 bridgehead atoms. The van der Waals surface area contributed by atoms with Crippen LogP contribution in [0, 0.1) is 6.92 Å². The first-order chi connectivity index (χ1) is 7.29. The normalized spacial score (nSPS) is 12.9. The van der Waals surface area contributed by atoms with Crippen molar-refractivity contribution in [1.29, 1.82) is 0 Å². The Balaban J connectivity index is 2.09. The van der Waals surface area contributed by atoms with E-state index in [4.69, 9.17) is 5.84 Å². The standard InChI is InChI=1S/C9H12N4S2/c1-6-12-7(4-14-6)2-8(13-10)9-3-11-5-15-9/h3-5,8,13H,2,10H2,1H3. The van der Waals surface area contributed by atoms with Gasteiger partial charge in [-0.2, -0.15) is 0 Å². The predicted octanol–water partition coefficient (Wildman–Crippen LogP) is 1.66. The minimum Gasteiger partial charge on any atom is -0.271 e. The Hall–Kier alpha value is -0.820. The number of rotatable bonds is 4. The van der Waals surface area contributed by atoms with Crippen LogP contribution in [0.2, 0.25) is 0 Å². The molecular weight excluding hydrogens is 228 g/mol. The molecule has 4 nitrogen and oxygen atoms in total. The highest BCUT2D eigenvalue weighted by atomic mass is 32.1. The van der Waals surface area contributed by atoms with Gasteiger partial charge in [-0.25, -0.2) is 4.98 Å². The third kappa shape index (κ3) is 2.60. The summed E-state index contributed by atoms with van der Waals surface area (Å²) in [5.74, 6) is 5.52. The van der Waals surface area contributed by atoms with Gasteiger partial charge in [0.25, 0.3) is 0 Å². The molecule has 0 saturated carbocycles. The SMILES string of the molecule is Cc1nc(CC(NN)c2cncs2)cs1. The zero-order chi connectivity index (χ0) is 10.7. The third-order valence-corrected chi connectivity index (χ3v) is 3.79. The number of hydrogen-bond donors (Lipinski definition) is 2. The van der Waals surface area contributed by atoms with Gasteiger partial charge in [-0.1, -0.05) is 0 Å². The van der Waals surface area contributed by atoms with E-state index in [9.17, 15) is 0 Å². The molecule has 0 radical (unpaired) electrons. The summed E-state index contributed by atoms with van der Waals surface area (Å²) in [5.41, 5.74) is 5.69. The average molecular weight is 240 g/mol. The minimum absolute atomic E-state index is 0.110. The molecule has 0 spiro atoms. The molecular formula is C9H12N4S2. The molecule has 1 atom stereocenters. The number of aromatic nitrogens is 2. The zero-order valence-corrected chi connectivity index (χ0v) is 9.94. The van der Waals surface area contributed by atoms with Crippen molar-refractivity contribution in [3.8, 4) is 0 Å². The first-order valence-electron chi connectivity index (χ1n) is 4.55. The average Bonchev–Trinajstić information content (AvgIpc) is 2.85. The lowest BCUT2D eigenvalue weighted by molar-refractivity contribution is 0.554. The van der Waals surface area contributed by atoms with Crippen molar-refractivity contribution in [3.63, 3.8) is 0 Å². The maximum absolute atomic E-state index is 5.52. The smallest absolute Gasteiger partial charge is 0.0897 e. The topological polar surface area (TPSA) is 63.8 Å². The van der Waals surface area contributed by atoms with Crippen molar-refractivity contribution in [3.05, 3.63) is 32.7 Å². The largest absolute Gasteiger partial charge is 0.271 e. The molecule has 80 valence electrons. The Labute approximate surface area is 96.2 Å². The van der Waals surface area contributed by atoms with E-state index in [-0.39, 0.29) is 6.04 Å². The molecule has 6 heteroatoms. The van der Waals surface area contributed by atoms with Gasteiger partial charge in [0.2, 0.25) is 0 Å². The molecule has 2 heterocycles. The van der Waals surface area contributed by atoms with E-state index in [0.29, 0.717) is 0 Å². The fourth-order valence-corrected chi connectivity index (χ4v) is 2.66. The maximum atomic E-state index is 5.52. The molecule has 0 aliphatic rings. The molecule has 3 N–H and O–H groups in total. The highest BCUT2D eigenvalue weighted by molar-refractivity contribution is 7.10. The fraction of sp³-hybridized carbons (Fsp3) is 0.333. The molecule has 2 aromatic heterocycles. The summed E-state index contributed by atoms with van der Waals surface area (Å²) in [6.45, 7) is 2.01. The van der Waals surface area contributed by atoms with Gasteiger partial charge in [-0.05, 0) is 6.92 Å². The van der Waals surface area contributed by atoms with Gasteiger partial charge in [0, 0.05) is 22.9 Å². The van der Waals surface area contributed by atoms with Crippen LogP contribution in [0.1, 0.15) is 21.6 Å². The summed E-state index contributed by atoms with van der Waals surface area (Å²) in [4.78, 5) is 9.60. The molecule has 0 saturated heterocycles. The van der Waals surface area contributed by atoms with Crippen LogP contribution < -0.4 is 11.3 Å². The Bertz CT molecular complexity index is 409. The summed E-state index contributed by atoms with van der Waals surface area (Å²) < 4.78 is 0. The van der Waals surface area contributed by atoms with Gasteiger partial charge in [0.05, 0.1) is 22.3 Å². The highest BCUT2D eigenvalue weighted by Crippen LogP contribution is 2.21. The number of thiazole rings is 2. The van der Waals surface area contributed by atoms with Gasteiger partial charge >= 0.3 is 0 Å². The maximum Gasteiger partial charge on any atom is 0.0897 e. The Morgan fingerprint density at radius 3 is 2.93 bits per heavy atom. The second-order valence-electron chi connectivity index (χ2n) is 3.19. The van der Waals surface area contributed by atoms with Crippen LogP contribution in [0.25, 0.3) is 0 Å². The van der Waals surface area contributed by atoms with Crippen LogP contribution >= 0.6 is 22.7 Å². The Morgan fingerprint density at radius 2 is 2.40 bits per heavy atom. The Morgan fingerprint density at radius 1 is 1.53 bits per heavy atom. The van der Waals surface area contributed by atoms with Crippen LogP contribution in [0.4, 0.5) is 0 Å². The number of nitrogens with two attached hydrogens (primary N) is 1. The monoisotopic (exact) mass is 240 g/mol. The summed E-state index contributed by atoms with van der Waals surface area (Å²) in [5, 5.41) is 3.16. The van der Waals surface area contributed by atoms with E-state index in [0.717, 1.165) is 22.0 Å². The minimum atomic E-state index is 0.110. The molecule has 0 aromatic carbocycles. The molecule has 0 aliphatic carbocycles. The van der Waals surface area contributed by atoms with Crippen molar-refractivity contribution >= 4 is 22.7 Å². The van der Waals surface area contributed by atoms with E-state index in [1.165, 1.54) is 0 Å². The predicted molar refractivity (Wildman–Crippen MR) is 62.7 cm³/mol. The van der Waals surface area contributed by atoms with Gasteiger partial charge in [0.15, 0.2) is 0 Å². The molecule has 0 amide bonds. The first kappa shape index (κ1) is 10.7. The van der Waals surface area contributed by atoms with Gasteiger partial charge in [-0.15, -0.1) is 22.7 Å². The van der Waals surface area contributed by atoms with E-state index < -0.39 is 0 Å². The molecule has 1 unspecified atom stereocenters. The van der Waals surface area contributed by atoms with Crippen molar-refractivity contribution in [1.82, 2.24) is 15.4 Å². The third-order valence-electron chi connectivity index (χ3n) is 2.08. The second kappa shape index (κ2) is 4.80. The lowest BCUT2D eigenvalue weighted by Crippen LogP contribution is -2.29. The fourth-order valence-electron chi connectivity index (χ4n) is 1.35. The second-order valence-corrected chi connectivity index (χ2v) is 5.17.